The van der Waals surface area contributed by atoms with Gasteiger partial charge in [0.15, 0.2) is 5.96 Å². The zero-order chi connectivity index (χ0) is 18.2. The molecule has 1 fully saturated rings. The first kappa shape index (κ1) is 19.4. The Labute approximate surface area is 167 Å². The molecule has 5 nitrogen and oxygen atoms in total. The zero-order valence-corrected chi connectivity index (χ0v) is 17.4. The van der Waals surface area contributed by atoms with Gasteiger partial charge >= 0.3 is 0 Å². The van der Waals surface area contributed by atoms with E-state index in [0.29, 0.717) is 0 Å². The molecule has 1 aromatic heterocycles. The Morgan fingerprint density at radius 3 is 2.62 bits per heavy atom. The SMILES string of the molecule is CN=C(NCc1cc(Br)cs1)NCc1ccccc1CN1CCOCC1. The van der Waals surface area contributed by atoms with Crippen molar-refractivity contribution in [2.75, 3.05) is 33.4 Å². The number of aliphatic imine (C=N–C) groups is 1. The molecule has 1 aliphatic heterocycles. The van der Waals surface area contributed by atoms with Crippen molar-refractivity contribution in [3.05, 3.63) is 56.2 Å². The fourth-order valence-electron chi connectivity index (χ4n) is 2.90. The molecule has 26 heavy (non-hydrogen) atoms. The standard InChI is InChI=1S/C19H25BrN4OS/c1-21-19(23-12-18-10-17(20)14-26-18)22-11-15-4-2-3-5-16(15)13-24-6-8-25-9-7-24/h2-5,10,14H,6-9,11-13H2,1H3,(H2,21,22,23). The van der Waals surface area contributed by atoms with Crippen molar-refractivity contribution in [1.29, 1.82) is 0 Å². The first-order chi connectivity index (χ1) is 12.7. The molecule has 1 aromatic carbocycles. The lowest BCUT2D eigenvalue weighted by Crippen LogP contribution is -2.37. The van der Waals surface area contributed by atoms with Crippen LogP contribution in [0.4, 0.5) is 0 Å². The van der Waals surface area contributed by atoms with Crippen molar-refractivity contribution >= 4 is 33.2 Å². The van der Waals surface area contributed by atoms with E-state index in [4.69, 9.17) is 4.74 Å². The topological polar surface area (TPSA) is 48.9 Å². The van der Waals surface area contributed by atoms with E-state index in [1.807, 2.05) is 0 Å². The Hall–Kier alpha value is -1.41. The number of rotatable bonds is 6. The predicted octanol–water partition coefficient (Wildman–Crippen LogP) is 3.21. The number of nitrogens with zero attached hydrogens (tertiary/aromatic N) is 2. The van der Waals surface area contributed by atoms with Crippen molar-refractivity contribution in [2.24, 2.45) is 4.99 Å². The minimum absolute atomic E-state index is 0.758. The molecule has 3 rings (SSSR count). The molecule has 1 aliphatic rings. The van der Waals surface area contributed by atoms with Crippen LogP contribution in [0.2, 0.25) is 0 Å². The minimum Gasteiger partial charge on any atom is -0.379 e. The minimum atomic E-state index is 0.758. The fourth-order valence-corrected chi connectivity index (χ4v) is 4.29. The van der Waals surface area contributed by atoms with Crippen molar-refractivity contribution in [3.8, 4) is 0 Å². The molecule has 2 heterocycles. The van der Waals surface area contributed by atoms with Crippen LogP contribution in [0.15, 0.2) is 45.2 Å². The van der Waals surface area contributed by atoms with Crippen molar-refractivity contribution < 1.29 is 4.74 Å². The van der Waals surface area contributed by atoms with Gasteiger partial charge in [0.2, 0.25) is 0 Å². The molecule has 1 saturated heterocycles. The second-order valence-corrected chi connectivity index (χ2v) is 8.08. The normalized spacial score (nSPS) is 15.8. The Morgan fingerprint density at radius 2 is 1.92 bits per heavy atom. The third-order valence-electron chi connectivity index (χ3n) is 4.34. The van der Waals surface area contributed by atoms with E-state index in [0.717, 1.165) is 56.4 Å². The molecule has 0 aliphatic carbocycles. The Morgan fingerprint density at radius 1 is 1.19 bits per heavy atom. The molecular formula is C19H25BrN4OS. The molecule has 7 heteroatoms. The van der Waals surface area contributed by atoms with Crippen LogP contribution in [-0.4, -0.2) is 44.2 Å². The number of ether oxygens (including phenoxy) is 1. The summed E-state index contributed by atoms with van der Waals surface area (Å²) in [6.07, 6.45) is 0. The highest BCUT2D eigenvalue weighted by molar-refractivity contribution is 9.10. The predicted molar refractivity (Wildman–Crippen MR) is 112 cm³/mol. The van der Waals surface area contributed by atoms with Gasteiger partial charge in [-0.2, -0.15) is 0 Å². The number of hydrogen-bond acceptors (Lipinski definition) is 4. The van der Waals surface area contributed by atoms with E-state index in [2.05, 4.69) is 72.2 Å². The van der Waals surface area contributed by atoms with Crippen LogP contribution < -0.4 is 10.6 Å². The van der Waals surface area contributed by atoms with Gasteiger partial charge in [0.05, 0.1) is 19.8 Å². The van der Waals surface area contributed by atoms with Gasteiger partial charge in [-0.3, -0.25) is 9.89 Å². The summed E-state index contributed by atoms with van der Waals surface area (Å²) in [5.74, 6) is 0.815. The summed E-state index contributed by atoms with van der Waals surface area (Å²) in [5.41, 5.74) is 2.67. The van der Waals surface area contributed by atoms with E-state index in [-0.39, 0.29) is 0 Å². The maximum atomic E-state index is 5.45. The molecule has 0 spiro atoms. The summed E-state index contributed by atoms with van der Waals surface area (Å²) in [5, 5.41) is 8.89. The van der Waals surface area contributed by atoms with Crippen LogP contribution >= 0.6 is 27.3 Å². The molecule has 0 saturated carbocycles. The second kappa shape index (κ2) is 10.1. The molecule has 0 atom stereocenters. The highest BCUT2D eigenvalue weighted by Crippen LogP contribution is 2.19. The third kappa shape index (κ3) is 5.81. The van der Waals surface area contributed by atoms with Gasteiger partial charge in [-0.25, -0.2) is 0 Å². The van der Waals surface area contributed by atoms with Gasteiger partial charge in [-0.15, -0.1) is 11.3 Å². The first-order valence-corrected chi connectivity index (χ1v) is 10.5. The maximum absolute atomic E-state index is 5.45. The molecule has 0 amide bonds. The number of benzene rings is 1. The third-order valence-corrected chi connectivity index (χ3v) is 6.04. The van der Waals surface area contributed by atoms with Crippen LogP contribution in [0.1, 0.15) is 16.0 Å². The molecule has 0 radical (unpaired) electrons. The average molecular weight is 437 g/mol. The van der Waals surface area contributed by atoms with Crippen LogP contribution in [0, 0.1) is 0 Å². The summed E-state index contributed by atoms with van der Waals surface area (Å²) in [4.78, 5) is 8.05. The lowest BCUT2D eigenvalue weighted by Gasteiger charge is -2.27. The maximum Gasteiger partial charge on any atom is 0.191 e. The molecule has 0 unspecified atom stereocenters. The number of morpholine rings is 1. The summed E-state index contributed by atoms with van der Waals surface area (Å²) in [6, 6.07) is 10.7. The first-order valence-electron chi connectivity index (χ1n) is 8.79. The lowest BCUT2D eigenvalue weighted by atomic mass is 10.1. The second-order valence-electron chi connectivity index (χ2n) is 6.17. The van der Waals surface area contributed by atoms with E-state index < -0.39 is 0 Å². The molecule has 2 aromatic rings. The average Bonchev–Trinajstić information content (AvgIpc) is 3.09. The summed E-state index contributed by atoms with van der Waals surface area (Å²) >= 11 is 5.22. The number of hydrogen-bond donors (Lipinski definition) is 2. The van der Waals surface area contributed by atoms with Gasteiger partial charge in [-0.05, 0) is 33.1 Å². The Balaban J connectivity index is 1.54. The number of nitrogens with one attached hydrogen (secondary N) is 2. The summed E-state index contributed by atoms with van der Waals surface area (Å²) in [6.45, 7) is 6.16. The lowest BCUT2D eigenvalue weighted by molar-refractivity contribution is 0.0341. The smallest absolute Gasteiger partial charge is 0.191 e. The fraction of sp³-hybridized carbons (Fsp3) is 0.421. The van der Waals surface area contributed by atoms with Gasteiger partial charge in [0.1, 0.15) is 0 Å². The van der Waals surface area contributed by atoms with Crippen molar-refractivity contribution in [3.63, 3.8) is 0 Å². The monoisotopic (exact) mass is 436 g/mol. The Bertz CT molecular complexity index is 728. The number of thiophene rings is 1. The van der Waals surface area contributed by atoms with Gasteiger partial charge < -0.3 is 15.4 Å². The highest BCUT2D eigenvalue weighted by atomic mass is 79.9. The van der Waals surface area contributed by atoms with Gasteiger partial charge in [0.25, 0.3) is 0 Å². The van der Waals surface area contributed by atoms with E-state index in [9.17, 15) is 0 Å². The molecular weight excluding hydrogens is 412 g/mol. The summed E-state index contributed by atoms with van der Waals surface area (Å²) in [7, 11) is 1.80. The van der Waals surface area contributed by atoms with E-state index in [1.54, 1.807) is 18.4 Å². The quantitative estimate of drug-likeness (QED) is 0.539. The molecule has 140 valence electrons. The molecule has 0 bridgehead atoms. The van der Waals surface area contributed by atoms with Crippen molar-refractivity contribution in [1.82, 2.24) is 15.5 Å². The van der Waals surface area contributed by atoms with Crippen molar-refractivity contribution in [2.45, 2.75) is 19.6 Å². The zero-order valence-electron chi connectivity index (χ0n) is 15.0. The molecule has 2 N–H and O–H groups in total. The highest BCUT2D eigenvalue weighted by Gasteiger charge is 2.12. The summed E-state index contributed by atoms with van der Waals surface area (Å²) < 4.78 is 6.57. The van der Waals surface area contributed by atoms with Crippen LogP contribution in [0.3, 0.4) is 0 Å². The number of guanidine groups is 1. The largest absolute Gasteiger partial charge is 0.379 e. The van der Waals surface area contributed by atoms with E-state index >= 15 is 0 Å². The van der Waals surface area contributed by atoms with Crippen LogP contribution in [-0.2, 0) is 24.4 Å². The van der Waals surface area contributed by atoms with Gasteiger partial charge in [0, 0.05) is 48.0 Å². The van der Waals surface area contributed by atoms with Gasteiger partial charge in [-0.1, -0.05) is 24.3 Å². The van der Waals surface area contributed by atoms with E-state index in [1.165, 1.54) is 16.0 Å². The Kier molecular flexibility index (Phi) is 7.49. The number of halogens is 1. The van der Waals surface area contributed by atoms with Crippen LogP contribution in [0.5, 0.6) is 0 Å². The van der Waals surface area contributed by atoms with Crippen LogP contribution in [0.25, 0.3) is 0 Å².